The molecule has 0 saturated carbocycles. The molecule has 0 amide bonds. The van der Waals surface area contributed by atoms with Crippen LogP contribution in [0.4, 0.5) is 11.4 Å². The Bertz CT molecular complexity index is 683. The second kappa shape index (κ2) is 10.9. The van der Waals surface area contributed by atoms with Gasteiger partial charge in [0.2, 0.25) is 0 Å². The lowest BCUT2D eigenvalue weighted by molar-refractivity contribution is -0.384. The Kier molecular flexibility index (Phi) is 9.26. The molecule has 0 aliphatic heterocycles. The lowest BCUT2D eigenvalue weighted by Crippen LogP contribution is -2.21. The molecule has 0 heterocycles. The van der Waals surface area contributed by atoms with E-state index in [4.69, 9.17) is 4.74 Å². The van der Waals surface area contributed by atoms with E-state index < -0.39 is 4.92 Å². The number of nitrogens with one attached hydrogen (secondary N) is 2. The molecule has 2 N–H and O–H groups in total. The predicted molar refractivity (Wildman–Crippen MR) is 106 cm³/mol. The number of halogens is 2. The summed E-state index contributed by atoms with van der Waals surface area (Å²) in [5.74, 6) is 0.848. The van der Waals surface area contributed by atoms with E-state index in [9.17, 15) is 10.1 Å². The topological polar surface area (TPSA) is 76.4 Å². The molecule has 0 saturated heterocycles. The Morgan fingerprint density at radius 3 is 2.48 bits per heavy atom. The number of rotatable bonds is 9. The fourth-order valence-electron chi connectivity index (χ4n) is 2.16. The number of nitro benzene ring substituents is 1. The summed E-state index contributed by atoms with van der Waals surface area (Å²) in [6, 6.07) is 12.4. The Morgan fingerprint density at radius 1 is 1.16 bits per heavy atom. The van der Waals surface area contributed by atoms with Gasteiger partial charge in [-0.2, -0.15) is 0 Å². The average molecular weight is 431 g/mol. The van der Waals surface area contributed by atoms with Crippen LogP contribution in [-0.4, -0.2) is 24.6 Å². The summed E-state index contributed by atoms with van der Waals surface area (Å²) in [5, 5.41) is 17.2. The predicted octanol–water partition coefficient (Wildman–Crippen LogP) is 4.38. The Balaban J connectivity index is 0.00000312. The number of hydrogen-bond donors (Lipinski definition) is 2. The zero-order chi connectivity index (χ0) is 17.4. The number of nitrogens with zero attached hydrogens (tertiary/aromatic N) is 1. The normalized spacial score (nSPS) is 10.0. The van der Waals surface area contributed by atoms with Gasteiger partial charge in [-0.25, -0.2) is 0 Å². The minimum Gasteiger partial charge on any atom is -0.493 e. The molecule has 0 aliphatic rings. The van der Waals surface area contributed by atoms with Gasteiger partial charge >= 0.3 is 0 Å². The highest BCUT2D eigenvalue weighted by molar-refractivity contribution is 9.10. The van der Waals surface area contributed by atoms with Crippen LogP contribution in [0.5, 0.6) is 5.75 Å². The molecular formula is C17H21BrClN3O3. The van der Waals surface area contributed by atoms with Gasteiger partial charge in [-0.15, -0.1) is 12.4 Å². The molecule has 0 aromatic heterocycles. The van der Waals surface area contributed by atoms with Gasteiger partial charge in [-0.3, -0.25) is 10.1 Å². The van der Waals surface area contributed by atoms with E-state index in [0.29, 0.717) is 6.61 Å². The van der Waals surface area contributed by atoms with E-state index in [2.05, 4.69) is 26.6 Å². The number of hydrogen-bond acceptors (Lipinski definition) is 5. The number of ether oxygens (including phenoxy) is 1. The SMILES string of the molecule is CCOc1ccc(CNCCNc2ccc([N+](=O)[O-])cc2)cc1Br.Cl. The average Bonchev–Trinajstić information content (AvgIpc) is 2.57. The van der Waals surface area contributed by atoms with Gasteiger partial charge in [0.1, 0.15) is 5.75 Å². The molecule has 2 aromatic carbocycles. The van der Waals surface area contributed by atoms with Crippen LogP contribution < -0.4 is 15.4 Å². The monoisotopic (exact) mass is 429 g/mol. The van der Waals surface area contributed by atoms with Crippen molar-refractivity contribution in [3.63, 3.8) is 0 Å². The van der Waals surface area contributed by atoms with Gasteiger partial charge in [0.25, 0.3) is 5.69 Å². The van der Waals surface area contributed by atoms with Crippen molar-refractivity contribution in [2.24, 2.45) is 0 Å². The summed E-state index contributed by atoms with van der Waals surface area (Å²) in [6.45, 7) is 4.87. The second-order valence-corrected chi connectivity index (χ2v) is 5.96. The third-order valence-electron chi connectivity index (χ3n) is 3.33. The minimum absolute atomic E-state index is 0. The van der Waals surface area contributed by atoms with Crippen LogP contribution in [-0.2, 0) is 6.54 Å². The molecule has 0 fully saturated rings. The quantitative estimate of drug-likeness (QED) is 0.351. The van der Waals surface area contributed by atoms with Crippen LogP contribution in [0.3, 0.4) is 0 Å². The molecule has 136 valence electrons. The maximum absolute atomic E-state index is 10.6. The van der Waals surface area contributed by atoms with Crippen molar-refractivity contribution in [2.45, 2.75) is 13.5 Å². The van der Waals surface area contributed by atoms with Crippen molar-refractivity contribution in [1.29, 1.82) is 0 Å². The fraction of sp³-hybridized carbons (Fsp3) is 0.294. The van der Waals surface area contributed by atoms with Gasteiger partial charge in [0.05, 0.1) is 16.0 Å². The van der Waals surface area contributed by atoms with Crippen molar-refractivity contribution in [3.05, 3.63) is 62.6 Å². The number of nitro groups is 1. The highest BCUT2D eigenvalue weighted by Crippen LogP contribution is 2.25. The summed E-state index contributed by atoms with van der Waals surface area (Å²) >= 11 is 3.50. The van der Waals surface area contributed by atoms with Crippen molar-refractivity contribution >= 4 is 39.7 Å². The molecule has 0 unspecified atom stereocenters. The van der Waals surface area contributed by atoms with Crippen molar-refractivity contribution in [3.8, 4) is 5.75 Å². The maximum atomic E-state index is 10.6. The highest BCUT2D eigenvalue weighted by atomic mass is 79.9. The van der Waals surface area contributed by atoms with Crippen LogP contribution in [0.2, 0.25) is 0 Å². The van der Waals surface area contributed by atoms with E-state index in [0.717, 1.165) is 35.5 Å². The molecule has 0 spiro atoms. The first-order valence-electron chi connectivity index (χ1n) is 7.70. The lowest BCUT2D eigenvalue weighted by atomic mass is 10.2. The largest absolute Gasteiger partial charge is 0.493 e. The van der Waals surface area contributed by atoms with Gasteiger partial charge in [0.15, 0.2) is 0 Å². The van der Waals surface area contributed by atoms with Gasteiger partial charge in [0, 0.05) is 37.5 Å². The lowest BCUT2D eigenvalue weighted by Gasteiger charge is -2.10. The zero-order valence-electron chi connectivity index (χ0n) is 13.8. The minimum atomic E-state index is -0.402. The van der Waals surface area contributed by atoms with E-state index in [-0.39, 0.29) is 18.1 Å². The highest BCUT2D eigenvalue weighted by Gasteiger charge is 2.04. The Hall–Kier alpha value is -1.83. The van der Waals surface area contributed by atoms with Crippen LogP contribution in [0.25, 0.3) is 0 Å². The molecular weight excluding hydrogens is 410 g/mol. The first-order valence-corrected chi connectivity index (χ1v) is 8.49. The summed E-state index contributed by atoms with van der Waals surface area (Å²) in [4.78, 5) is 10.2. The zero-order valence-corrected chi connectivity index (χ0v) is 16.2. The van der Waals surface area contributed by atoms with Crippen molar-refractivity contribution < 1.29 is 9.66 Å². The fourth-order valence-corrected chi connectivity index (χ4v) is 2.70. The number of non-ortho nitro benzene ring substituents is 1. The van der Waals surface area contributed by atoms with Gasteiger partial charge < -0.3 is 15.4 Å². The standard InChI is InChI=1S/C17H20BrN3O3.ClH/c1-2-24-17-8-3-13(11-16(17)18)12-19-9-10-20-14-4-6-15(7-5-14)21(22)23;/h3-8,11,19-20H,2,9-10,12H2,1H3;1H. The third kappa shape index (κ3) is 6.89. The molecule has 0 bridgehead atoms. The summed E-state index contributed by atoms with van der Waals surface area (Å²) < 4.78 is 6.44. The summed E-state index contributed by atoms with van der Waals surface area (Å²) in [6.07, 6.45) is 0. The molecule has 6 nitrogen and oxygen atoms in total. The maximum Gasteiger partial charge on any atom is 0.269 e. The Labute approximate surface area is 161 Å². The van der Waals surface area contributed by atoms with Crippen LogP contribution >= 0.6 is 28.3 Å². The first-order chi connectivity index (χ1) is 11.6. The smallest absolute Gasteiger partial charge is 0.269 e. The molecule has 0 aliphatic carbocycles. The number of benzene rings is 2. The summed E-state index contributed by atoms with van der Waals surface area (Å²) in [7, 11) is 0. The second-order valence-electron chi connectivity index (χ2n) is 5.11. The van der Waals surface area contributed by atoms with Crippen LogP contribution in [0.1, 0.15) is 12.5 Å². The molecule has 25 heavy (non-hydrogen) atoms. The third-order valence-corrected chi connectivity index (χ3v) is 3.95. The van der Waals surface area contributed by atoms with Gasteiger partial charge in [-0.05, 0) is 52.7 Å². The van der Waals surface area contributed by atoms with E-state index in [1.54, 1.807) is 12.1 Å². The first kappa shape index (κ1) is 21.2. The molecule has 8 heteroatoms. The molecule has 2 rings (SSSR count). The summed E-state index contributed by atoms with van der Waals surface area (Å²) in [5.41, 5.74) is 2.13. The van der Waals surface area contributed by atoms with Crippen LogP contribution in [0, 0.1) is 10.1 Å². The van der Waals surface area contributed by atoms with Crippen LogP contribution in [0.15, 0.2) is 46.9 Å². The van der Waals surface area contributed by atoms with E-state index in [1.165, 1.54) is 17.7 Å². The van der Waals surface area contributed by atoms with Crippen molar-refractivity contribution in [2.75, 3.05) is 25.0 Å². The van der Waals surface area contributed by atoms with Crippen molar-refractivity contribution in [1.82, 2.24) is 5.32 Å². The molecule has 0 atom stereocenters. The van der Waals surface area contributed by atoms with E-state index >= 15 is 0 Å². The number of anilines is 1. The van der Waals surface area contributed by atoms with E-state index in [1.807, 2.05) is 25.1 Å². The molecule has 0 radical (unpaired) electrons. The Morgan fingerprint density at radius 2 is 1.88 bits per heavy atom. The van der Waals surface area contributed by atoms with Gasteiger partial charge in [-0.1, -0.05) is 6.07 Å². The molecule has 2 aromatic rings.